The summed E-state index contributed by atoms with van der Waals surface area (Å²) in [6.07, 6.45) is 1.74. The number of carbonyl (C=O) groups is 1. The molecule has 1 aliphatic rings. The monoisotopic (exact) mass is 407 g/mol. The number of ether oxygens (including phenoxy) is 1. The molecular weight excluding hydrogens is 382 g/mol. The highest BCUT2D eigenvalue weighted by atomic mass is 32.2. The summed E-state index contributed by atoms with van der Waals surface area (Å²) >= 11 is 1.20. The first-order valence-corrected chi connectivity index (χ1v) is 11.5. The zero-order valence-corrected chi connectivity index (χ0v) is 17.3. The van der Waals surface area contributed by atoms with Gasteiger partial charge in [-0.05, 0) is 55.7 Å². The average molecular weight is 408 g/mol. The van der Waals surface area contributed by atoms with Gasteiger partial charge >= 0.3 is 5.97 Å². The standard InChI is InChI=1S/C20H25NO4S2/c1-3-25-19(22)20(14-17-9-5-4-8-16(17)2)11-7-12-21(15-20)27(23,24)18-10-6-13-26-18/h4-6,8-10,13H,3,7,11-12,14-15H2,1-2H3/t20-/m0/s1. The molecule has 1 aromatic carbocycles. The Morgan fingerprint density at radius 1 is 1.26 bits per heavy atom. The molecule has 2 heterocycles. The number of carbonyl (C=O) groups excluding carboxylic acids is 1. The number of hydrogen-bond donors (Lipinski definition) is 0. The van der Waals surface area contributed by atoms with Crippen molar-refractivity contribution in [3.63, 3.8) is 0 Å². The van der Waals surface area contributed by atoms with Crippen LogP contribution in [0.5, 0.6) is 0 Å². The minimum atomic E-state index is -3.60. The molecule has 7 heteroatoms. The zero-order valence-electron chi connectivity index (χ0n) is 15.7. The van der Waals surface area contributed by atoms with Crippen LogP contribution in [0, 0.1) is 12.3 Å². The fourth-order valence-corrected chi connectivity index (χ4v) is 6.38. The van der Waals surface area contributed by atoms with Crippen LogP contribution in [0.4, 0.5) is 0 Å². The molecule has 0 saturated carbocycles. The van der Waals surface area contributed by atoms with E-state index in [-0.39, 0.29) is 19.1 Å². The van der Waals surface area contributed by atoms with E-state index in [4.69, 9.17) is 4.74 Å². The third-order valence-electron chi connectivity index (χ3n) is 5.13. The van der Waals surface area contributed by atoms with Crippen LogP contribution < -0.4 is 0 Å². The van der Waals surface area contributed by atoms with Crippen LogP contribution in [0.25, 0.3) is 0 Å². The van der Waals surface area contributed by atoms with E-state index in [0.717, 1.165) is 11.1 Å². The second-order valence-electron chi connectivity index (χ2n) is 6.98. The molecule has 0 unspecified atom stereocenters. The summed E-state index contributed by atoms with van der Waals surface area (Å²) in [4.78, 5) is 13.0. The third kappa shape index (κ3) is 4.10. The number of esters is 1. The van der Waals surface area contributed by atoms with E-state index in [1.54, 1.807) is 24.4 Å². The quantitative estimate of drug-likeness (QED) is 0.686. The number of hydrogen-bond acceptors (Lipinski definition) is 5. The molecule has 2 aromatic rings. The largest absolute Gasteiger partial charge is 0.466 e. The summed E-state index contributed by atoms with van der Waals surface area (Å²) in [6, 6.07) is 11.3. The van der Waals surface area contributed by atoms with Crippen molar-refractivity contribution in [1.82, 2.24) is 4.31 Å². The van der Waals surface area contributed by atoms with E-state index >= 15 is 0 Å². The van der Waals surface area contributed by atoms with Crippen LogP contribution in [-0.4, -0.2) is 38.4 Å². The van der Waals surface area contributed by atoms with Crippen LogP contribution in [0.2, 0.25) is 0 Å². The number of nitrogens with zero attached hydrogens (tertiary/aromatic N) is 1. The minimum Gasteiger partial charge on any atom is -0.466 e. The van der Waals surface area contributed by atoms with E-state index in [1.165, 1.54) is 15.6 Å². The molecule has 1 aromatic heterocycles. The lowest BCUT2D eigenvalue weighted by atomic mass is 9.75. The van der Waals surface area contributed by atoms with Gasteiger partial charge in [0.25, 0.3) is 10.0 Å². The molecule has 1 aliphatic heterocycles. The van der Waals surface area contributed by atoms with Gasteiger partial charge in [-0.3, -0.25) is 4.79 Å². The van der Waals surface area contributed by atoms with Crippen LogP contribution in [-0.2, 0) is 26.0 Å². The summed E-state index contributed by atoms with van der Waals surface area (Å²) in [5, 5.41) is 1.75. The van der Waals surface area contributed by atoms with Crippen molar-refractivity contribution in [3.05, 3.63) is 52.9 Å². The maximum atomic E-state index is 13.0. The highest BCUT2D eigenvalue weighted by Gasteiger charge is 2.47. The van der Waals surface area contributed by atoms with Gasteiger partial charge < -0.3 is 4.74 Å². The first-order valence-electron chi connectivity index (χ1n) is 9.14. The van der Waals surface area contributed by atoms with Gasteiger partial charge in [0, 0.05) is 13.1 Å². The molecule has 146 valence electrons. The van der Waals surface area contributed by atoms with E-state index in [0.29, 0.717) is 30.0 Å². The highest BCUT2D eigenvalue weighted by Crippen LogP contribution is 2.38. The molecule has 3 rings (SSSR count). The van der Waals surface area contributed by atoms with Crippen LogP contribution in [0.1, 0.15) is 30.9 Å². The SMILES string of the molecule is CCOC(=O)[C@]1(Cc2ccccc2C)CCCN(S(=O)(=O)c2cccs2)C1. The van der Waals surface area contributed by atoms with Crippen molar-refractivity contribution in [2.45, 2.75) is 37.3 Å². The van der Waals surface area contributed by atoms with Gasteiger partial charge in [0.15, 0.2) is 0 Å². The van der Waals surface area contributed by atoms with Crippen molar-refractivity contribution in [3.8, 4) is 0 Å². The summed E-state index contributed by atoms with van der Waals surface area (Å²) in [6.45, 7) is 4.65. The lowest BCUT2D eigenvalue weighted by Gasteiger charge is -2.40. The van der Waals surface area contributed by atoms with Gasteiger partial charge in [0.2, 0.25) is 0 Å². The highest BCUT2D eigenvalue weighted by molar-refractivity contribution is 7.91. The fourth-order valence-electron chi connectivity index (χ4n) is 3.67. The number of aryl methyl sites for hydroxylation is 1. The van der Waals surface area contributed by atoms with E-state index in [9.17, 15) is 13.2 Å². The van der Waals surface area contributed by atoms with E-state index in [1.807, 2.05) is 31.2 Å². The Hall–Kier alpha value is -1.70. The van der Waals surface area contributed by atoms with Gasteiger partial charge in [0.05, 0.1) is 12.0 Å². The molecule has 5 nitrogen and oxygen atoms in total. The predicted octanol–water partition coefficient (Wildman–Crippen LogP) is 3.63. The van der Waals surface area contributed by atoms with E-state index in [2.05, 4.69) is 0 Å². The summed E-state index contributed by atoms with van der Waals surface area (Å²) in [5.41, 5.74) is 1.30. The molecule has 0 amide bonds. The summed E-state index contributed by atoms with van der Waals surface area (Å²) in [7, 11) is -3.60. The predicted molar refractivity (Wildman–Crippen MR) is 106 cm³/mol. The van der Waals surface area contributed by atoms with Crippen molar-refractivity contribution < 1.29 is 17.9 Å². The van der Waals surface area contributed by atoms with E-state index < -0.39 is 15.4 Å². The van der Waals surface area contributed by atoms with Crippen molar-refractivity contribution in [1.29, 1.82) is 0 Å². The smallest absolute Gasteiger partial charge is 0.313 e. The molecule has 0 aliphatic carbocycles. The molecule has 0 bridgehead atoms. The van der Waals surface area contributed by atoms with Crippen molar-refractivity contribution in [2.24, 2.45) is 5.41 Å². The number of rotatable bonds is 6. The van der Waals surface area contributed by atoms with Crippen LogP contribution in [0.15, 0.2) is 46.0 Å². The average Bonchev–Trinajstić information content (AvgIpc) is 3.20. The Morgan fingerprint density at radius 3 is 2.70 bits per heavy atom. The lowest BCUT2D eigenvalue weighted by Crippen LogP contribution is -2.51. The Balaban J connectivity index is 1.95. The lowest BCUT2D eigenvalue weighted by molar-refractivity contribution is -0.157. The maximum Gasteiger partial charge on any atom is 0.313 e. The molecule has 0 N–H and O–H groups in total. The maximum absolute atomic E-state index is 13.0. The Bertz CT molecular complexity index is 892. The molecule has 27 heavy (non-hydrogen) atoms. The number of sulfonamides is 1. The summed E-state index contributed by atoms with van der Waals surface area (Å²) < 4.78 is 33.2. The second-order valence-corrected chi connectivity index (χ2v) is 10.1. The van der Waals surface area contributed by atoms with Crippen LogP contribution in [0.3, 0.4) is 0 Å². The van der Waals surface area contributed by atoms with Crippen molar-refractivity contribution in [2.75, 3.05) is 19.7 Å². The topological polar surface area (TPSA) is 63.7 Å². The first-order chi connectivity index (χ1) is 12.9. The van der Waals surface area contributed by atoms with Gasteiger partial charge in [0.1, 0.15) is 4.21 Å². The number of thiophene rings is 1. The van der Waals surface area contributed by atoms with Gasteiger partial charge in [-0.1, -0.05) is 30.3 Å². The molecule has 1 fully saturated rings. The first kappa shape index (κ1) is 20.0. The molecule has 1 saturated heterocycles. The number of benzene rings is 1. The molecule has 1 atom stereocenters. The number of piperidine rings is 1. The zero-order chi connectivity index (χ0) is 19.5. The molecule has 0 spiro atoms. The Morgan fingerprint density at radius 2 is 2.04 bits per heavy atom. The van der Waals surface area contributed by atoms with Gasteiger partial charge in [-0.2, -0.15) is 4.31 Å². The summed E-state index contributed by atoms with van der Waals surface area (Å²) in [5.74, 6) is -0.306. The minimum absolute atomic E-state index is 0.153. The molecular formula is C20H25NO4S2. The van der Waals surface area contributed by atoms with Gasteiger partial charge in [-0.25, -0.2) is 8.42 Å². The Kier molecular flexibility index (Phi) is 6.03. The van der Waals surface area contributed by atoms with Gasteiger partial charge in [-0.15, -0.1) is 11.3 Å². The third-order valence-corrected chi connectivity index (χ3v) is 8.35. The normalized spacial score (nSPS) is 21.1. The second kappa shape index (κ2) is 8.12. The Labute approximate surface area is 165 Å². The molecule has 0 radical (unpaired) electrons. The van der Waals surface area contributed by atoms with Crippen LogP contribution >= 0.6 is 11.3 Å². The fraction of sp³-hybridized carbons (Fsp3) is 0.450. The van der Waals surface area contributed by atoms with Crippen molar-refractivity contribution >= 4 is 27.3 Å².